The molecule has 1 aromatic rings. The lowest BCUT2D eigenvalue weighted by molar-refractivity contribution is -0.131. The molecule has 8 heteroatoms. The number of nitrogens with one attached hydrogen (secondary N) is 2. The fourth-order valence-corrected chi connectivity index (χ4v) is 4.66. The summed E-state index contributed by atoms with van der Waals surface area (Å²) in [6.45, 7) is 9.70. The van der Waals surface area contributed by atoms with Gasteiger partial charge in [-0.05, 0) is 56.7 Å². The Balaban J connectivity index is 1.56. The molecule has 4 amide bonds. The maximum Gasteiger partial charge on any atom is 0.325 e. The van der Waals surface area contributed by atoms with Crippen molar-refractivity contribution in [2.45, 2.75) is 71.9 Å². The van der Waals surface area contributed by atoms with Gasteiger partial charge in [-0.1, -0.05) is 26.7 Å². The van der Waals surface area contributed by atoms with E-state index < -0.39 is 11.4 Å². The number of aromatic nitrogens is 1. The van der Waals surface area contributed by atoms with Gasteiger partial charge in [0.2, 0.25) is 0 Å². The summed E-state index contributed by atoms with van der Waals surface area (Å²) in [4.78, 5) is 38.6. The van der Waals surface area contributed by atoms with E-state index in [1.165, 1.54) is 4.90 Å². The first-order valence-electron chi connectivity index (χ1n) is 11.4. The van der Waals surface area contributed by atoms with Crippen LogP contribution in [0.1, 0.15) is 62.9 Å². The van der Waals surface area contributed by atoms with E-state index in [1.807, 2.05) is 26.0 Å². The van der Waals surface area contributed by atoms with Gasteiger partial charge in [0.05, 0.1) is 0 Å². The third-order valence-corrected chi connectivity index (χ3v) is 6.37. The van der Waals surface area contributed by atoms with Crippen molar-refractivity contribution >= 4 is 23.9 Å². The molecule has 8 nitrogen and oxygen atoms in total. The molecule has 2 fully saturated rings. The second kappa shape index (κ2) is 9.60. The third kappa shape index (κ3) is 4.72. The fourth-order valence-electron chi connectivity index (χ4n) is 4.66. The zero-order valence-electron chi connectivity index (χ0n) is 19.5. The standard InChI is InChI=1S/C24H33N5O3/c1-16(2)15-29-17(3)12-19(18(29)4)13-20(14-25)21(30)26-10-7-11-28-22(31)24(27-23(28)32)8-5-6-9-24/h12-13,16H,5-11,15H2,1-4H3,(H,26,30)(H,27,32)/b20-13-. The molecule has 1 aromatic heterocycles. The van der Waals surface area contributed by atoms with Gasteiger partial charge >= 0.3 is 6.03 Å². The van der Waals surface area contributed by atoms with Crippen LogP contribution in [0, 0.1) is 31.1 Å². The molecule has 2 N–H and O–H groups in total. The molecule has 0 radical (unpaired) electrons. The Morgan fingerprint density at radius 1 is 1.31 bits per heavy atom. The number of urea groups is 1. The summed E-state index contributed by atoms with van der Waals surface area (Å²) >= 11 is 0. The largest absolute Gasteiger partial charge is 0.351 e. The predicted octanol–water partition coefficient (Wildman–Crippen LogP) is 3.04. The van der Waals surface area contributed by atoms with Crippen LogP contribution in [-0.2, 0) is 16.1 Å². The topological polar surface area (TPSA) is 107 Å². The molecule has 32 heavy (non-hydrogen) atoms. The van der Waals surface area contributed by atoms with Crippen LogP contribution in [0.2, 0.25) is 0 Å². The highest BCUT2D eigenvalue weighted by Crippen LogP contribution is 2.35. The zero-order valence-corrected chi connectivity index (χ0v) is 19.5. The van der Waals surface area contributed by atoms with E-state index in [9.17, 15) is 19.6 Å². The quantitative estimate of drug-likeness (QED) is 0.281. The number of carbonyl (C=O) groups is 3. The molecule has 1 aliphatic carbocycles. The van der Waals surface area contributed by atoms with E-state index >= 15 is 0 Å². The Morgan fingerprint density at radius 3 is 2.62 bits per heavy atom. The molecular weight excluding hydrogens is 406 g/mol. The highest BCUT2D eigenvalue weighted by molar-refractivity contribution is 6.07. The molecule has 0 unspecified atom stereocenters. The number of hydrogen-bond acceptors (Lipinski definition) is 4. The number of imide groups is 1. The lowest BCUT2D eigenvalue weighted by Gasteiger charge is -2.20. The van der Waals surface area contributed by atoms with Gasteiger partial charge in [0.25, 0.3) is 11.8 Å². The van der Waals surface area contributed by atoms with E-state index in [0.717, 1.165) is 36.3 Å². The molecule has 2 aliphatic rings. The summed E-state index contributed by atoms with van der Waals surface area (Å²) in [6, 6.07) is 3.62. The van der Waals surface area contributed by atoms with E-state index in [-0.39, 0.29) is 30.6 Å². The number of aryl methyl sites for hydroxylation is 1. The molecule has 3 rings (SSSR count). The van der Waals surface area contributed by atoms with Gasteiger partial charge in [-0.2, -0.15) is 5.26 Å². The average Bonchev–Trinajstić information content (AvgIpc) is 3.38. The fraction of sp³-hybridized carbons (Fsp3) is 0.583. The van der Waals surface area contributed by atoms with Crippen LogP contribution in [0.5, 0.6) is 0 Å². The van der Waals surface area contributed by atoms with E-state index in [1.54, 1.807) is 6.08 Å². The smallest absolute Gasteiger partial charge is 0.325 e. The van der Waals surface area contributed by atoms with Gasteiger partial charge in [-0.3, -0.25) is 14.5 Å². The monoisotopic (exact) mass is 439 g/mol. The van der Waals surface area contributed by atoms with Crippen molar-refractivity contribution in [2.75, 3.05) is 13.1 Å². The molecule has 172 valence electrons. The Bertz CT molecular complexity index is 976. The number of nitriles is 1. The summed E-state index contributed by atoms with van der Waals surface area (Å²) in [5.41, 5.74) is 2.30. The van der Waals surface area contributed by atoms with Crippen molar-refractivity contribution in [1.82, 2.24) is 20.1 Å². The summed E-state index contributed by atoms with van der Waals surface area (Å²) < 4.78 is 2.19. The Labute approximate surface area is 189 Å². The lowest BCUT2D eigenvalue weighted by Crippen LogP contribution is -2.44. The maximum atomic E-state index is 12.7. The normalized spacial score (nSPS) is 17.9. The number of carbonyl (C=O) groups excluding carboxylic acids is 3. The van der Waals surface area contributed by atoms with Crippen LogP contribution in [0.15, 0.2) is 11.6 Å². The van der Waals surface area contributed by atoms with Crippen LogP contribution in [0.3, 0.4) is 0 Å². The molecule has 1 saturated carbocycles. The minimum absolute atomic E-state index is 0.0368. The van der Waals surface area contributed by atoms with Crippen LogP contribution in [0.25, 0.3) is 6.08 Å². The van der Waals surface area contributed by atoms with Crippen molar-refractivity contribution < 1.29 is 14.4 Å². The lowest BCUT2D eigenvalue weighted by atomic mass is 9.98. The predicted molar refractivity (Wildman–Crippen MR) is 121 cm³/mol. The molecule has 1 spiro atoms. The third-order valence-electron chi connectivity index (χ3n) is 6.37. The highest BCUT2D eigenvalue weighted by Gasteiger charge is 2.51. The molecule has 0 bridgehead atoms. The van der Waals surface area contributed by atoms with Crippen LogP contribution >= 0.6 is 0 Å². The summed E-state index contributed by atoms with van der Waals surface area (Å²) in [5.74, 6) is -0.116. The Hall–Kier alpha value is -3.08. The van der Waals surface area contributed by atoms with Crippen LogP contribution in [-0.4, -0.2) is 45.9 Å². The summed E-state index contributed by atoms with van der Waals surface area (Å²) in [5, 5.41) is 15.1. The molecule has 1 saturated heterocycles. The summed E-state index contributed by atoms with van der Waals surface area (Å²) in [7, 11) is 0. The number of rotatable bonds is 8. The SMILES string of the molecule is Cc1cc(/C=C(/C#N)C(=O)NCCCN2C(=O)NC3(CCCC3)C2=O)c(C)n1CC(C)C. The molecule has 2 heterocycles. The highest BCUT2D eigenvalue weighted by atomic mass is 16.2. The van der Waals surface area contributed by atoms with Crippen molar-refractivity contribution in [1.29, 1.82) is 5.26 Å². The van der Waals surface area contributed by atoms with Crippen LogP contribution < -0.4 is 10.6 Å². The van der Waals surface area contributed by atoms with Crippen LogP contribution in [0.4, 0.5) is 4.79 Å². The second-order valence-corrected chi connectivity index (χ2v) is 9.29. The minimum Gasteiger partial charge on any atom is -0.351 e. The first kappa shape index (κ1) is 23.6. The van der Waals surface area contributed by atoms with Crippen molar-refractivity contribution in [2.24, 2.45) is 5.92 Å². The molecular formula is C24H33N5O3. The van der Waals surface area contributed by atoms with Gasteiger partial charge in [0.1, 0.15) is 17.2 Å². The van der Waals surface area contributed by atoms with E-state index in [4.69, 9.17) is 0 Å². The minimum atomic E-state index is -0.709. The molecule has 0 atom stereocenters. The first-order chi connectivity index (χ1) is 15.2. The van der Waals surface area contributed by atoms with Crippen molar-refractivity contribution in [3.63, 3.8) is 0 Å². The van der Waals surface area contributed by atoms with Gasteiger partial charge < -0.3 is 15.2 Å². The molecule has 0 aromatic carbocycles. The van der Waals surface area contributed by atoms with Gasteiger partial charge in [-0.25, -0.2) is 4.79 Å². The zero-order chi connectivity index (χ0) is 23.5. The Morgan fingerprint density at radius 2 is 2.00 bits per heavy atom. The van der Waals surface area contributed by atoms with Gasteiger partial charge in [0, 0.05) is 31.0 Å². The molecule has 1 aliphatic heterocycles. The average molecular weight is 440 g/mol. The first-order valence-corrected chi connectivity index (χ1v) is 11.4. The van der Waals surface area contributed by atoms with Gasteiger partial charge in [-0.15, -0.1) is 0 Å². The van der Waals surface area contributed by atoms with Gasteiger partial charge in [0.15, 0.2) is 0 Å². The number of hydrogen-bond donors (Lipinski definition) is 2. The summed E-state index contributed by atoms with van der Waals surface area (Å²) in [6.07, 6.45) is 5.33. The van der Waals surface area contributed by atoms with Crippen molar-refractivity contribution in [3.8, 4) is 6.07 Å². The number of nitrogens with zero attached hydrogens (tertiary/aromatic N) is 3. The maximum absolute atomic E-state index is 12.7. The van der Waals surface area contributed by atoms with E-state index in [0.29, 0.717) is 25.2 Å². The Kier molecular flexibility index (Phi) is 7.07. The van der Waals surface area contributed by atoms with E-state index in [2.05, 4.69) is 29.0 Å². The number of amides is 4. The second-order valence-electron chi connectivity index (χ2n) is 9.29. The van der Waals surface area contributed by atoms with Crippen molar-refractivity contribution in [3.05, 3.63) is 28.6 Å².